The minimum atomic E-state index is -0.695. The highest BCUT2D eigenvalue weighted by Gasteiger charge is 2.33. The smallest absolute Gasteiger partial charge is 0.338 e. The van der Waals surface area contributed by atoms with Gasteiger partial charge in [0, 0.05) is 10.6 Å². The van der Waals surface area contributed by atoms with E-state index in [0.29, 0.717) is 31.2 Å². The number of hydrogen-bond donors (Lipinski definition) is 1. The molecule has 1 aliphatic heterocycles. The van der Waals surface area contributed by atoms with Crippen molar-refractivity contribution in [3.05, 3.63) is 95.6 Å². The molecule has 0 amide bonds. The second-order valence-corrected chi connectivity index (χ2v) is 8.36. The quantitative estimate of drug-likeness (QED) is 0.614. The Labute approximate surface area is 187 Å². The van der Waals surface area contributed by atoms with Crippen LogP contribution in [0.1, 0.15) is 31.0 Å². The van der Waals surface area contributed by atoms with Gasteiger partial charge in [0.25, 0.3) is 5.56 Å². The molecule has 6 nitrogen and oxygen atoms in total. The molecule has 4 rings (SSSR count). The lowest BCUT2D eigenvalue weighted by atomic mass is 9.96. The number of halogens is 1. The monoisotopic (exact) mass is 454 g/mol. The maximum Gasteiger partial charge on any atom is 0.338 e. The lowest BCUT2D eigenvalue weighted by Gasteiger charge is -2.24. The Morgan fingerprint density at radius 2 is 1.97 bits per heavy atom. The molecule has 3 aromatic rings. The lowest BCUT2D eigenvalue weighted by Crippen LogP contribution is -2.39. The van der Waals surface area contributed by atoms with Crippen molar-refractivity contribution in [3.63, 3.8) is 0 Å². The molecule has 1 aliphatic rings. The molecule has 1 aromatic heterocycles. The molecule has 1 N–H and O–H groups in total. The summed E-state index contributed by atoms with van der Waals surface area (Å²) < 4.78 is 7.16. The molecule has 0 aliphatic carbocycles. The van der Waals surface area contributed by atoms with Crippen LogP contribution in [0, 0.1) is 0 Å². The Hall–Kier alpha value is -3.16. The fraction of sp³-hybridized carbons (Fsp3) is 0.174. The fourth-order valence-electron chi connectivity index (χ4n) is 3.50. The van der Waals surface area contributed by atoms with Gasteiger partial charge < -0.3 is 9.84 Å². The van der Waals surface area contributed by atoms with Crippen LogP contribution < -0.4 is 14.9 Å². The average molecular weight is 455 g/mol. The van der Waals surface area contributed by atoms with Crippen molar-refractivity contribution in [2.45, 2.75) is 19.9 Å². The van der Waals surface area contributed by atoms with Crippen molar-refractivity contribution in [1.29, 1.82) is 0 Å². The summed E-state index contributed by atoms with van der Waals surface area (Å²) in [5, 5.41) is 10.6. The second kappa shape index (κ2) is 8.53. The zero-order valence-corrected chi connectivity index (χ0v) is 18.4. The standard InChI is InChI=1S/C23H19ClN2O4S/c1-3-30-22(29)19-13(2)25-23-26(20(19)14-8-10-16(24)11-9-14)21(28)18(31-23)12-15-6-4-5-7-17(15)27/h4-12,20,27H,3H2,1-2H3/b18-12+. The number of phenols is 1. The van der Waals surface area contributed by atoms with E-state index >= 15 is 0 Å². The van der Waals surface area contributed by atoms with Crippen LogP contribution in [0.25, 0.3) is 6.08 Å². The first-order valence-corrected chi connectivity index (χ1v) is 10.8. The number of esters is 1. The van der Waals surface area contributed by atoms with E-state index in [2.05, 4.69) is 4.99 Å². The van der Waals surface area contributed by atoms with E-state index in [-0.39, 0.29) is 17.9 Å². The summed E-state index contributed by atoms with van der Waals surface area (Å²) in [7, 11) is 0. The Kier molecular flexibility index (Phi) is 5.80. The Morgan fingerprint density at radius 3 is 2.65 bits per heavy atom. The zero-order chi connectivity index (χ0) is 22.1. The third-order valence-corrected chi connectivity index (χ3v) is 6.16. The van der Waals surface area contributed by atoms with Crippen molar-refractivity contribution < 1.29 is 14.6 Å². The van der Waals surface area contributed by atoms with Crippen LogP contribution >= 0.6 is 22.9 Å². The van der Waals surface area contributed by atoms with Crippen LogP contribution in [0.2, 0.25) is 5.02 Å². The van der Waals surface area contributed by atoms with Gasteiger partial charge in [0.2, 0.25) is 0 Å². The van der Waals surface area contributed by atoms with Crippen LogP contribution in [0.15, 0.2) is 69.6 Å². The number of aromatic nitrogens is 1. The van der Waals surface area contributed by atoms with E-state index in [0.717, 1.165) is 5.56 Å². The van der Waals surface area contributed by atoms with E-state index in [1.807, 2.05) is 0 Å². The molecule has 158 valence electrons. The summed E-state index contributed by atoms with van der Waals surface area (Å²) >= 11 is 7.25. The number of ether oxygens (including phenoxy) is 1. The van der Waals surface area contributed by atoms with Crippen LogP contribution in [-0.2, 0) is 9.53 Å². The predicted molar refractivity (Wildman–Crippen MR) is 120 cm³/mol. The number of hydrogen-bond acceptors (Lipinski definition) is 6. The topological polar surface area (TPSA) is 80.9 Å². The Morgan fingerprint density at radius 1 is 1.26 bits per heavy atom. The van der Waals surface area contributed by atoms with Crippen LogP contribution in [0.3, 0.4) is 0 Å². The number of fused-ring (bicyclic) bond motifs is 1. The first-order valence-electron chi connectivity index (χ1n) is 9.64. The highest BCUT2D eigenvalue weighted by atomic mass is 35.5. The summed E-state index contributed by atoms with van der Waals surface area (Å²) in [5.41, 5.74) is 1.75. The van der Waals surface area contributed by atoms with Gasteiger partial charge in [-0.3, -0.25) is 9.36 Å². The number of thiazole rings is 1. The molecular weight excluding hydrogens is 436 g/mol. The van der Waals surface area contributed by atoms with Gasteiger partial charge in [-0.05, 0) is 43.7 Å². The van der Waals surface area contributed by atoms with E-state index in [4.69, 9.17) is 16.3 Å². The van der Waals surface area contributed by atoms with E-state index in [1.54, 1.807) is 68.5 Å². The minimum Gasteiger partial charge on any atom is -0.507 e. The molecule has 0 saturated heterocycles. The number of benzene rings is 2. The first-order chi connectivity index (χ1) is 14.9. The van der Waals surface area contributed by atoms with Gasteiger partial charge in [0.1, 0.15) is 5.75 Å². The third-order valence-electron chi connectivity index (χ3n) is 4.93. The van der Waals surface area contributed by atoms with Crippen LogP contribution in [-0.4, -0.2) is 22.2 Å². The van der Waals surface area contributed by atoms with Gasteiger partial charge in [-0.2, -0.15) is 0 Å². The van der Waals surface area contributed by atoms with Crippen LogP contribution in [0.5, 0.6) is 5.75 Å². The van der Waals surface area contributed by atoms with Crippen molar-refractivity contribution in [2.75, 3.05) is 6.61 Å². The third kappa shape index (κ3) is 3.94. The molecule has 2 aromatic carbocycles. The molecule has 0 spiro atoms. The molecule has 8 heteroatoms. The molecule has 1 unspecified atom stereocenters. The van der Waals surface area contributed by atoms with Gasteiger partial charge in [0.15, 0.2) is 4.80 Å². The van der Waals surface area contributed by atoms with Gasteiger partial charge in [0.05, 0.1) is 28.5 Å². The number of carbonyl (C=O) groups excluding carboxylic acids is 1. The highest BCUT2D eigenvalue weighted by Crippen LogP contribution is 2.31. The molecule has 1 atom stereocenters. The van der Waals surface area contributed by atoms with Crippen molar-refractivity contribution in [3.8, 4) is 5.75 Å². The number of nitrogens with zero attached hydrogens (tertiary/aromatic N) is 2. The van der Waals surface area contributed by atoms with Crippen molar-refractivity contribution >= 4 is 35.0 Å². The van der Waals surface area contributed by atoms with Gasteiger partial charge in [-0.15, -0.1) is 0 Å². The molecule has 0 fully saturated rings. The molecular formula is C23H19ClN2O4S. The maximum absolute atomic E-state index is 13.4. The van der Waals surface area contributed by atoms with Gasteiger partial charge in [-0.1, -0.05) is 53.3 Å². The first kappa shape index (κ1) is 21.1. The van der Waals surface area contributed by atoms with E-state index in [9.17, 15) is 14.7 Å². The number of para-hydroxylation sites is 1. The highest BCUT2D eigenvalue weighted by molar-refractivity contribution is 7.07. The molecule has 0 saturated carbocycles. The number of aromatic hydroxyl groups is 1. The normalized spacial score (nSPS) is 16.1. The summed E-state index contributed by atoms with van der Waals surface area (Å²) in [6, 6.07) is 13.1. The molecule has 0 bridgehead atoms. The summed E-state index contributed by atoms with van der Waals surface area (Å²) in [4.78, 5) is 31.2. The predicted octanol–water partition coefficient (Wildman–Crippen LogP) is 3.16. The van der Waals surface area contributed by atoms with Gasteiger partial charge in [-0.25, -0.2) is 9.79 Å². The average Bonchev–Trinajstić information content (AvgIpc) is 3.04. The number of rotatable bonds is 4. The largest absolute Gasteiger partial charge is 0.507 e. The second-order valence-electron chi connectivity index (χ2n) is 6.91. The summed E-state index contributed by atoms with van der Waals surface area (Å²) in [5.74, 6) is -0.440. The maximum atomic E-state index is 13.4. The van der Waals surface area contributed by atoms with E-state index < -0.39 is 12.0 Å². The fourth-order valence-corrected chi connectivity index (χ4v) is 4.67. The summed E-state index contributed by atoms with van der Waals surface area (Å²) in [6.07, 6.45) is 1.63. The zero-order valence-electron chi connectivity index (χ0n) is 16.8. The Bertz CT molecular complexity index is 1370. The number of phenolic OH excluding ortho intramolecular Hbond substituents is 1. The molecule has 31 heavy (non-hydrogen) atoms. The SMILES string of the molecule is CCOC(=O)C1=C(C)N=c2s/c(=C/c3ccccc3O)c(=O)n2C1c1ccc(Cl)cc1. The van der Waals surface area contributed by atoms with Crippen molar-refractivity contribution in [1.82, 2.24) is 4.57 Å². The summed E-state index contributed by atoms with van der Waals surface area (Å²) in [6.45, 7) is 3.67. The van der Waals surface area contributed by atoms with Crippen molar-refractivity contribution in [2.24, 2.45) is 4.99 Å². The molecule has 2 heterocycles. The van der Waals surface area contributed by atoms with Crippen LogP contribution in [0.4, 0.5) is 0 Å². The minimum absolute atomic E-state index is 0.0750. The van der Waals surface area contributed by atoms with E-state index in [1.165, 1.54) is 15.9 Å². The number of allylic oxidation sites excluding steroid dienone is 1. The van der Waals surface area contributed by atoms with Gasteiger partial charge >= 0.3 is 5.97 Å². The number of carbonyl (C=O) groups is 1. The Balaban J connectivity index is 1.97. The molecule has 0 radical (unpaired) electrons. The lowest BCUT2D eigenvalue weighted by molar-refractivity contribution is -0.139.